The topological polar surface area (TPSA) is 54.5 Å². The average Bonchev–Trinajstić information content (AvgIpc) is 2.46. The van der Waals surface area contributed by atoms with Gasteiger partial charge in [-0.2, -0.15) is 0 Å². The van der Waals surface area contributed by atoms with E-state index >= 15 is 0 Å². The quantitative estimate of drug-likeness (QED) is 0.871. The molecule has 0 aromatic heterocycles. The molecule has 104 valence electrons. The predicted octanol–water partition coefficient (Wildman–Crippen LogP) is 2.37. The predicted molar refractivity (Wildman–Crippen MR) is 78.7 cm³/mol. The Labute approximate surface area is 118 Å². The Kier molecular flexibility index (Phi) is 3.90. The molecule has 0 aliphatic heterocycles. The summed E-state index contributed by atoms with van der Waals surface area (Å²) in [6.45, 7) is 0. The monoisotopic (exact) mass is 289 g/mol. The number of carbonyl (C=O) groups is 1. The number of sulfone groups is 1. The van der Waals surface area contributed by atoms with E-state index in [0.29, 0.717) is 5.56 Å². The second-order valence-corrected chi connectivity index (χ2v) is 6.51. The highest BCUT2D eigenvalue weighted by Crippen LogP contribution is 2.16. The minimum absolute atomic E-state index is 0.184. The van der Waals surface area contributed by atoms with Crippen LogP contribution in [0.1, 0.15) is 10.4 Å². The zero-order valence-corrected chi connectivity index (χ0v) is 12.1. The van der Waals surface area contributed by atoms with Crippen molar-refractivity contribution in [2.24, 2.45) is 0 Å². The second kappa shape index (κ2) is 5.46. The maximum atomic E-state index is 12.3. The Morgan fingerprint density at radius 2 is 1.50 bits per heavy atom. The van der Waals surface area contributed by atoms with Gasteiger partial charge in [0.25, 0.3) is 5.91 Å². The van der Waals surface area contributed by atoms with Crippen LogP contribution in [0.3, 0.4) is 0 Å². The van der Waals surface area contributed by atoms with Crippen LogP contribution in [-0.4, -0.2) is 27.6 Å². The minimum Gasteiger partial charge on any atom is -0.311 e. The number of benzene rings is 2. The Morgan fingerprint density at radius 1 is 0.950 bits per heavy atom. The smallest absolute Gasteiger partial charge is 0.258 e. The first-order chi connectivity index (χ1) is 9.39. The van der Waals surface area contributed by atoms with Crippen LogP contribution in [0.5, 0.6) is 0 Å². The summed E-state index contributed by atoms with van der Waals surface area (Å²) in [6.07, 6.45) is 1.14. The van der Waals surface area contributed by atoms with Crippen molar-refractivity contribution in [3.63, 3.8) is 0 Å². The first-order valence-electron chi connectivity index (χ1n) is 6.03. The zero-order valence-electron chi connectivity index (χ0n) is 11.3. The first kappa shape index (κ1) is 14.3. The SMILES string of the molecule is CN(C(=O)c1ccc(S(C)(=O)=O)cc1)c1ccccc1. The lowest BCUT2D eigenvalue weighted by atomic mass is 10.2. The van der Waals surface area contributed by atoms with Gasteiger partial charge in [0.15, 0.2) is 9.84 Å². The fourth-order valence-electron chi connectivity index (χ4n) is 1.81. The Bertz CT molecular complexity index is 707. The van der Waals surface area contributed by atoms with Gasteiger partial charge in [-0.3, -0.25) is 4.79 Å². The lowest BCUT2D eigenvalue weighted by molar-refractivity contribution is 0.0993. The molecular weight excluding hydrogens is 274 g/mol. The maximum Gasteiger partial charge on any atom is 0.258 e. The number of hydrogen-bond donors (Lipinski definition) is 0. The van der Waals surface area contributed by atoms with Crippen LogP contribution in [0.25, 0.3) is 0 Å². The highest BCUT2D eigenvalue weighted by atomic mass is 32.2. The van der Waals surface area contributed by atoms with E-state index in [0.717, 1.165) is 11.9 Å². The molecular formula is C15H15NO3S. The molecule has 1 amide bonds. The van der Waals surface area contributed by atoms with E-state index in [1.54, 1.807) is 7.05 Å². The summed E-state index contributed by atoms with van der Waals surface area (Å²) >= 11 is 0. The van der Waals surface area contributed by atoms with Crippen molar-refractivity contribution in [3.8, 4) is 0 Å². The molecule has 0 aliphatic carbocycles. The summed E-state index contributed by atoms with van der Waals surface area (Å²) < 4.78 is 22.7. The molecule has 0 fully saturated rings. The van der Waals surface area contributed by atoms with E-state index in [2.05, 4.69) is 0 Å². The van der Waals surface area contributed by atoms with Gasteiger partial charge in [-0.25, -0.2) is 8.42 Å². The third-order valence-corrected chi connectivity index (χ3v) is 4.11. The number of anilines is 1. The van der Waals surface area contributed by atoms with Gasteiger partial charge in [-0.05, 0) is 36.4 Å². The van der Waals surface area contributed by atoms with Gasteiger partial charge in [-0.15, -0.1) is 0 Å². The number of amides is 1. The van der Waals surface area contributed by atoms with Crippen molar-refractivity contribution >= 4 is 21.4 Å². The van der Waals surface area contributed by atoms with Gasteiger partial charge in [-0.1, -0.05) is 18.2 Å². The Morgan fingerprint density at radius 3 is 2.00 bits per heavy atom. The number of nitrogens with zero attached hydrogens (tertiary/aromatic N) is 1. The largest absolute Gasteiger partial charge is 0.311 e. The van der Waals surface area contributed by atoms with Gasteiger partial charge in [0.2, 0.25) is 0 Å². The molecule has 5 heteroatoms. The summed E-state index contributed by atoms with van der Waals surface area (Å²) in [4.78, 5) is 14.0. The van der Waals surface area contributed by atoms with Gasteiger partial charge in [0.1, 0.15) is 0 Å². The summed E-state index contributed by atoms with van der Waals surface area (Å²) in [7, 11) is -1.56. The van der Waals surface area contributed by atoms with Gasteiger partial charge in [0, 0.05) is 24.6 Å². The summed E-state index contributed by atoms with van der Waals surface area (Å²) in [5, 5.41) is 0. The van der Waals surface area contributed by atoms with Crippen LogP contribution < -0.4 is 4.90 Å². The van der Waals surface area contributed by atoms with Gasteiger partial charge in [0.05, 0.1) is 4.90 Å². The molecule has 20 heavy (non-hydrogen) atoms. The summed E-state index contributed by atoms with van der Waals surface area (Å²) in [5.74, 6) is -0.184. The minimum atomic E-state index is -3.24. The Hall–Kier alpha value is -2.14. The average molecular weight is 289 g/mol. The molecule has 0 N–H and O–H groups in total. The molecule has 0 spiro atoms. The third-order valence-electron chi connectivity index (χ3n) is 2.98. The van der Waals surface area contributed by atoms with E-state index in [1.807, 2.05) is 30.3 Å². The van der Waals surface area contributed by atoms with Crippen LogP contribution in [0.4, 0.5) is 5.69 Å². The van der Waals surface area contributed by atoms with Gasteiger partial charge >= 0.3 is 0 Å². The van der Waals surface area contributed by atoms with Crippen molar-refractivity contribution in [1.29, 1.82) is 0 Å². The summed E-state index contributed by atoms with van der Waals surface area (Å²) in [5.41, 5.74) is 1.23. The van der Waals surface area contributed by atoms with Crippen molar-refractivity contribution in [2.75, 3.05) is 18.2 Å². The van der Waals surface area contributed by atoms with Crippen LogP contribution >= 0.6 is 0 Å². The second-order valence-electron chi connectivity index (χ2n) is 4.50. The van der Waals surface area contributed by atoms with Crippen molar-refractivity contribution < 1.29 is 13.2 Å². The van der Waals surface area contributed by atoms with E-state index in [1.165, 1.54) is 29.2 Å². The fraction of sp³-hybridized carbons (Fsp3) is 0.133. The number of hydrogen-bond acceptors (Lipinski definition) is 3. The van der Waals surface area contributed by atoms with Crippen LogP contribution in [0, 0.1) is 0 Å². The molecule has 0 bridgehead atoms. The highest BCUT2D eigenvalue weighted by molar-refractivity contribution is 7.90. The number of para-hydroxylation sites is 1. The van der Waals surface area contributed by atoms with E-state index < -0.39 is 9.84 Å². The third kappa shape index (κ3) is 3.05. The lowest BCUT2D eigenvalue weighted by Crippen LogP contribution is -2.26. The molecule has 0 atom stereocenters. The zero-order chi connectivity index (χ0) is 14.8. The molecule has 0 saturated heterocycles. The van der Waals surface area contributed by atoms with E-state index in [9.17, 15) is 13.2 Å². The normalized spacial score (nSPS) is 11.1. The molecule has 2 rings (SSSR count). The maximum absolute atomic E-state index is 12.3. The van der Waals surface area contributed by atoms with E-state index in [4.69, 9.17) is 0 Å². The molecule has 0 saturated carbocycles. The van der Waals surface area contributed by atoms with Crippen molar-refractivity contribution in [1.82, 2.24) is 0 Å². The highest BCUT2D eigenvalue weighted by Gasteiger charge is 2.14. The molecule has 0 aliphatic rings. The summed E-state index contributed by atoms with van der Waals surface area (Å²) in [6, 6.07) is 15.2. The molecule has 2 aromatic carbocycles. The number of carbonyl (C=O) groups excluding carboxylic acids is 1. The standard InChI is InChI=1S/C15H15NO3S/c1-16(13-6-4-3-5-7-13)15(17)12-8-10-14(11-9-12)20(2,18)19/h3-11H,1-2H3. The van der Waals surface area contributed by atoms with E-state index in [-0.39, 0.29) is 10.8 Å². The van der Waals surface area contributed by atoms with Crippen LogP contribution in [-0.2, 0) is 9.84 Å². The van der Waals surface area contributed by atoms with Crippen molar-refractivity contribution in [2.45, 2.75) is 4.90 Å². The Balaban J connectivity index is 2.26. The molecule has 2 aromatic rings. The molecule has 4 nitrogen and oxygen atoms in total. The number of rotatable bonds is 3. The van der Waals surface area contributed by atoms with Crippen LogP contribution in [0.15, 0.2) is 59.5 Å². The van der Waals surface area contributed by atoms with Crippen LogP contribution in [0.2, 0.25) is 0 Å². The molecule has 0 radical (unpaired) electrons. The first-order valence-corrected chi connectivity index (χ1v) is 7.92. The molecule has 0 heterocycles. The fourth-order valence-corrected chi connectivity index (χ4v) is 2.44. The van der Waals surface area contributed by atoms with Crippen molar-refractivity contribution in [3.05, 3.63) is 60.2 Å². The lowest BCUT2D eigenvalue weighted by Gasteiger charge is -2.17. The van der Waals surface area contributed by atoms with Gasteiger partial charge < -0.3 is 4.90 Å². The molecule has 0 unspecified atom stereocenters.